The highest BCUT2D eigenvalue weighted by molar-refractivity contribution is 7.92. The van der Waals surface area contributed by atoms with Gasteiger partial charge in [-0.25, -0.2) is 8.42 Å². The second-order valence-electron chi connectivity index (χ2n) is 6.47. The molecule has 1 aromatic heterocycles. The van der Waals surface area contributed by atoms with E-state index in [2.05, 4.69) is 6.07 Å². The number of piperazine rings is 1. The predicted molar refractivity (Wildman–Crippen MR) is 110 cm³/mol. The number of carbonyl (C=O) groups is 1. The standard InChI is InChI=1S/C20H24N2O3S2/c23-20(10-4-8-19-9-5-16-26-19)21-12-14-22(15-13-21)27(24,25)17-11-18-6-2-1-3-7-18/h1-3,5-7,9,11,16-17H,4,8,10,12-15H2/b17-11-. The lowest BCUT2D eigenvalue weighted by Crippen LogP contribution is -2.50. The number of carbonyl (C=O) groups excluding carboxylic acids is 1. The molecule has 3 rings (SSSR count). The van der Waals surface area contributed by atoms with E-state index in [0.29, 0.717) is 32.6 Å². The summed E-state index contributed by atoms with van der Waals surface area (Å²) in [5.41, 5.74) is 0.848. The second-order valence-corrected chi connectivity index (χ2v) is 9.32. The molecule has 1 fully saturated rings. The third-order valence-corrected chi connectivity index (χ3v) is 7.08. The molecule has 1 aliphatic heterocycles. The number of hydrogen-bond acceptors (Lipinski definition) is 4. The Bertz CT molecular complexity index is 854. The number of amides is 1. The van der Waals surface area contributed by atoms with Crippen LogP contribution >= 0.6 is 11.3 Å². The Morgan fingerprint density at radius 2 is 1.78 bits per heavy atom. The van der Waals surface area contributed by atoms with Crippen molar-refractivity contribution in [2.24, 2.45) is 0 Å². The summed E-state index contributed by atoms with van der Waals surface area (Å²) in [5, 5.41) is 3.30. The van der Waals surface area contributed by atoms with Crippen LogP contribution in [-0.4, -0.2) is 49.7 Å². The Morgan fingerprint density at radius 3 is 2.44 bits per heavy atom. The van der Waals surface area contributed by atoms with Crippen molar-refractivity contribution in [1.82, 2.24) is 9.21 Å². The van der Waals surface area contributed by atoms with E-state index >= 15 is 0 Å². The molecule has 2 heterocycles. The van der Waals surface area contributed by atoms with Gasteiger partial charge in [0.2, 0.25) is 15.9 Å². The molecule has 0 atom stereocenters. The average molecular weight is 405 g/mol. The number of nitrogens with zero attached hydrogens (tertiary/aromatic N) is 2. The molecule has 2 aromatic rings. The van der Waals surface area contributed by atoms with E-state index in [0.717, 1.165) is 18.4 Å². The van der Waals surface area contributed by atoms with Crippen LogP contribution in [0.5, 0.6) is 0 Å². The maximum atomic E-state index is 12.5. The van der Waals surface area contributed by atoms with Gasteiger partial charge in [-0.15, -0.1) is 11.3 Å². The maximum Gasteiger partial charge on any atom is 0.236 e. The van der Waals surface area contributed by atoms with Gasteiger partial charge >= 0.3 is 0 Å². The van der Waals surface area contributed by atoms with Gasteiger partial charge in [-0.3, -0.25) is 4.79 Å². The van der Waals surface area contributed by atoms with Crippen LogP contribution in [0, 0.1) is 0 Å². The fourth-order valence-electron chi connectivity index (χ4n) is 3.03. The summed E-state index contributed by atoms with van der Waals surface area (Å²) in [6, 6.07) is 13.5. The van der Waals surface area contributed by atoms with Crippen molar-refractivity contribution >= 4 is 33.3 Å². The molecule has 144 valence electrons. The van der Waals surface area contributed by atoms with Crippen molar-refractivity contribution < 1.29 is 13.2 Å². The van der Waals surface area contributed by atoms with Crippen LogP contribution in [0.25, 0.3) is 6.08 Å². The zero-order chi connectivity index (χ0) is 19.1. The second kappa shape index (κ2) is 9.30. The van der Waals surface area contributed by atoms with Crippen LogP contribution < -0.4 is 0 Å². The summed E-state index contributed by atoms with van der Waals surface area (Å²) in [6.07, 6.45) is 3.87. The molecule has 0 saturated carbocycles. The summed E-state index contributed by atoms with van der Waals surface area (Å²) < 4.78 is 26.4. The van der Waals surface area contributed by atoms with Gasteiger partial charge in [0.05, 0.1) is 0 Å². The van der Waals surface area contributed by atoms with E-state index in [1.54, 1.807) is 22.3 Å². The smallest absolute Gasteiger partial charge is 0.236 e. The van der Waals surface area contributed by atoms with Gasteiger partial charge in [0.15, 0.2) is 0 Å². The molecule has 7 heteroatoms. The van der Waals surface area contributed by atoms with E-state index in [-0.39, 0.29) is 5.91 Å². The first-order valence-electron chi connectivity index (χ1n) is 9.08. The lowest BCUT2D eigenvalue weighted by molar-refractivity contribution is -0.132. The van der Waals surface area contributed by atoms with Crippen molar-refractivity contribution in [2.45, 2.75) is 19.3 Å². The Kier molecular flexibility index (Phi) is 6.82. The summed E-state index contributed by atoms with van der Waals surface area (Å²) in [6.45, 7) is 1.60. The molecule has 0 radical (unpaired) electrons. The molecule has 0 bridgehead atoms. The summed E-state index contributed by atoms with van der Waals surface area (Å²) >= 11 is 1.71. The SMILES string of the molecule is O=C(CCCc1cccs1)N1CCN(S(=O)(=O)/C=C\c2ccccc2)CC1. The number of thiophene rings is 1. The first-order chi connectivity index (χ1) is 13.0. The van der Waals surface area contributed by atoms with Crippen LogP contribution in [0.1, 0.15) is 23.3 Å². The number of benzene rings is 1. The average Bonchev–Trinajstić information content (AvgIpc) is 3.21. The number of rotatable bonds is 7. The van der Waals surface area contributed by atoms with Crippen LogP contribution in [-0.2, 0) is 21.2 Å². The molecular weight excluding hydrogens is 380 g/mol. The van der Waals surface area contributed by atoms with Crippen LogP contribution in [0.3, 0.4) is 0 Å². The largest absolute Gasteiger partial charge is 0.340 e. The minimum atomic E-state index is -3.46. The van der Waals surface area contributed by atoms with Crippen LogP contribution in [0.15, 0.2) is 53.3 Å². The Morgan fingerprint density at radius 1 is 1.04 bits per heavy atom. The third kappa shape index (κ3) is 5.76. The molecule has 0 unspecified atom stereocenters. The molecule has 27 heavy (non-hydrogen) atoms. The minimum Gasteiger partial charge on any atom is -0.340 e. The Labute approximate surface area is 165 Å². The predicted octanol–water partition coefficient (Wildman–Crippen LogP) is 3.22. The molecule has 5 nitrogen and oxygen atoms in total. The first-order valence-corrected chi connectivity index (χ1v) is 11.5. The van der Waals surface area contributed by atoms with Gasteiger partial charge in [0.1, 0.15) is 0 Å². The molecule has 0 aliphatic carbocycles. The van der Waals surface area contributed by atoms with Crippen molar-refractivity contribution in [1.29, 1.82) is 0 Å². The number of hydrogen-bond donors (Lipinski definition) is 0. The monoisotopic (exact) mass is 404 g/mol. The van der Waals surface area contributed by atoms with Gasteiger partial charge in [0, 0.05) is 42.9 Å². The number of sulfonamides is 1. The Balaban J connectivity index is 1.46. The van der Waals surface area contributed by atoms with Gasteiger partial charge in [-0.1, -0.05) is 36.4 Å². The van der Waals surface area contributed by atoms with Crippen LogP contribution in [0.4, 0.5) is 0 Å². The normalized spacial score (nSPS) is 16.1. The quantitative estimate of drug-likeness (QED) is 0.712. The van der Waals surface area contributed by atoms with Gasteiger partial charge in [-0.2, -0.15) is 4.31 Å². The zero-order valence-electron chi connectivity index (χ0n) is 15.2. The highest BCUT2D eigenvalue weighted by Gasteiger charge is 2.27. The van der Waals surface area contributed by atoms with Crippen LogP contribution in [0.2, 0.25) is 0 Å². The van der Waals surface area contributed by atoms with Gasteiger partial charge in [0.25, 0.3) is 0 Å². The zero-order valence-corrected chi connectivity index (χ0v) is 16.8. The number of aryl methyl sites for hydroxylation is 1. The lowest BCUT2D eigenvalue weighted by atomic mass is 10.2. The third-order valence-electron chi connectivity index (χ3n) is 4.58. The van der Waals surface area contributed by atoms with Crippen molar-refractivity contribution in [3.05, 3.63) is 63.7 Å². The minimum absolute atomic E-state index is 0.114. The fourth-order valence-corrected chi connectivity index (χ4v) is 4.96. The highest BCUT2D eigenvalue weighted by atomic mass is 32.2. The maximum absolute atomic E-state index is 12.5. The van der Waals surface area contributed by atoms with E-state index in [1.807, 2.05) is 41.8 Å². The molecule has 0 N–H and O–H groups in total. The fraction of sp³-hybridized carbons (Fsp3) is 0.350. The van der Waals surface area contributed by atoms with Crippen molar-refractivity contribution in [3.8, 4) is 0 Å². The van der Waals surface area contributed by atoms with E-state index < -0.39 is 10.0 Å². The van der Waals surface area contributed by atoms with E-state index in [1.165, 1.54) is 14.6 Å². The van der Waals surface area contributed by atoms with Crippen molar-refractivity contribution in [2.75, 3.05) is 26.2 Å². The van der Waals surface area contributed by atoms with E-state index in [4.69, 9.17) is 0 Å². The molecular formula is C20H24N2O3S2. The van der Waals surface area contributed by atoms with Gasteiger partial charge < -0.3 is 4.90 Å². The molecule has 0 spiro atoms. The molecule has 1 aliphatic rings. The van der Waals surface area contributed by atoms with E-state index in [9.17, 15) is 13.2 Å². The first kappa shape index (κ1) is 19.8. The van der Waals surface area contributed by atoms with Gasteiger partial charge in [-0.05, 0) is 35.9 Å². The molecule has 1 saturated heterocycles. The summed E-state index contributed by atoms with van der Waals surface area (Å²) in [5.74, 6) is 0.114. The highest BCUT2D eigenvalue weighted by Crippen LogP contribution is 2.15. The lowest BCUT2D eigenvalue weighted by Gasteiger charge is -2.33. The summed E-state index contributed by atoms with van der Waals surface area (Å²) in [7, 11) is -3.46. The molecule has 1 amide bonds. The topological polar surface area (TPSA) is 57.7 Å². The Hall–Kier alpha value is -1.96. The molecule has 1 aromatic carbocycles. The summed E-state index contributed by atoms with van der Waals surface area (Å²) in [4.78, 5) is 15.4. The van der Waals surface area contributed by atoms with Crippen molar-refractivity contribution in [3.63, 3.8) is 0 Å².